The molecule has 1 heterocycles. The lowest BCUT2D eigenvalue weighted by Gasteiger charge is -2.25. The van der Waals surface area contributed by atoms with E-state index in [9.17, 15) is 22.8 Å². The van der Waals surface area contributed by atoms with Gasteiger partial charge in [0.2, 0.25) is 5.91 Å². The average molecular weight is 390 g/mol. The van der Waals surface area contributed by atoms with Crippen molar-refractivity contribution in [3.63, 3.8) is 0 Å². The Bertz CT molecular complexity index is 721. The van der Waals surface area contributed by atoms with Crippen LogP contribution < -0.4 is 16.4 Å². The van der Waals surface area contributed by atoms with Crippen molar-refractivity contribution >= 4 is 11.8 Å². The number of halogens is 3. The first-order valence-electron chi connectivity index (χ1n) is 8.23. The molecule has 0 aromatic carbocycles. The first kappa shape index (κ1) is 22.7. The second-order valence-corrected chi connectivity index (χ2v) is 7.20. The van der Waals surface area contributed by atoms with Crippen molar-refractivity contribution in [2.24, 2.45) is 5.73 Å². The fourth-order valence-electron chi connectivity index (χ4n) is 2.02. The van der Waals surface area contributed by atoms with Gasteiger partial charge in [0.1, 0.15) is 5.76 Å². The summed E-state index contributed by atoms with van der Waals surface area (Å²) in [5.74, 6) is -0.668. The number of oxazole rings is 1. The molecule has 0 atom stereocenters. The monoisotopic (exact) mass is 390 g/mol. The predicted octanol–water partition coefficient (Wildman–Crippen LogP) is 2.07. The fraction of sp³-hybridized carbons (Fsp3) is 0.588. The van der Waals surface area contributed by atoms with Crippen LogP contribution >= 0.6 is 0 Å². The number of nitrogens with two attached hydrogens (primary N) is 1. The van der Waals surface area contributed by atoms with Crippen LogP contribution in [0.2, 0.25) is 0 Å². The molecule has 4 N–H and O–H groups in total. The maximum absolute atomic E-state index is 12.2. The Morgan fingerprint density at radius 3 is 2.33 bits per heavy atom. The average Bonchev–Trinajstić information content (AvgIpc) is 2.92. The number of aromatic nitrogens is 1. The number of hydrogen-bond donors (Lipinski definition) is 3. The molecule has 0 saturated heterocycles. The summed E-state index contributed by atoms with van der Waals surface area (Å²) in [6.07, 6.45) is -2.89. The van der Waals surface area contributed by atoms with E-state index >= 15 is 0 Å². The predicted molar refractivity (Wildman–Crippen MR) is 92.4 cm³/mol. The van der Waals surface area contributed by atoms with E-state index in [1.54, 1.807) is 20.8 Å². The minimum absolute atomic E-state index is 0.131. The van der Waals surface area contributed by atoms with Gasteiger partial charge in [0.25, 0.3) is 5.91 Å². The number of aryl methyl sites for hydroxylation is 1. The Morgan fingerprint density at radius 2 is 1.85 bits per heavy atom. The highest BCUT2D eigenvalue weighted by Crippen LogP contribution is 2.28. The number of alkyl halides is 3. The molecular weight excluding hydrogens is 365 g/mol. The zero-order chi connectivity index (χ0) is 21.0. The van der Waals surface area contributed by atoms with Crippen LogP contribution in [0, 0.1) is 6.92 Å². The Balaban J connectivity index is 2.73. The van der Waals surface area contributed by atoms with Gasteiger partial charge in [0, 0.05) is 25.2 Å². The maximum Gasteiger partial charge on any atom is 0.390 e. The molecule has 0 saturated carbocycles. The van der Waals surface area contributed by atoms with Gasteiger partial charge in [-0.1, -0.05) is 0 Å². The Labute approximate surface area is 155 Å². The standard InChI is InChI=1S/C17H25F3N4O3/c1-10-22-9-12(27-10)15(2,3)11(21)8-13(25)24-14(26)16(4,5)23-7-6-17(18,19)20/h8-9,23H,6-7,21H2,1-5H3,(H,24,25,26). The van der Waals surface area contributed by atoms with E-state index in [0.29, 0.717) is 11.7 Å². The number of allylic oxidation sites excluding steroid dienone is 1. The van der Waals surface area contributed by atoms with Gasteiger partial charge in [0.05, 0.1) is 23.6 Å². The van der Waals surface area contributed by atoms with Crippen LogP contribution in [0.3, 0.4) is 0 Å². The number of nitrogens with one attached hydrogen (secondary N) is 2. The Hall–Kier alpha value is -2.36. The molecule has 1 rings (SSSR count). The summed E-state index contributed by atoms with van der Waals surface area (Å²) in [5.41, 5.74) is 3.88. The van der Waals surface area contributed by atoms with E-state index in [1.165, 1.54) is 20.0 Å². The third kappa shape index (κ3) is 6.70. The van der Waals surface area contributed by atoms with Crippen LogP contribution in [0.4, 0.5) is 13.2 Å². The first-order valence-corrected chi connectivity index (χ1v) is 8.23. The molecule has 1 aromatic rings. The molecule has 152 valence electrons. The van der Waals surface area contributed by atoms with Crippen LogP contribution in [-0.4, -0.2) is 35.1 Å². The third-order valence-corrected chi connectivity index (χ3v) is 4.03. The van der Waals surface area contributed by atoms with Gasteiger partial charge >= 0.3 is 6.18 Å². The fourth-order valence-corrected chi connectivity index (χ4v) is 2.02. The van der Waals surface area contributed by atoms with Gasteiger partial charge in [-0.25, -0.2) is 4.98 Å². The van der Waals surface area contributed by atoms with Gasteiger partial charge in [0.15, 0.2) is 5.89 Å². The van der Waals surface area contributed by atoms with Crippen LogP contribution in [-0.2, 0) is 15.0 Å². The van der Waals surface area contributed by atoms with Crippen molar-refractivity contribution in [3.8, 4) is 0 Å². The normalized spacial score (nSPS) is 13.6. The van der Waals surface area contributed by atoms with E-state index < -0.39 is 41.9 Å². The molecular formula is C17H25F3N4O3. The summed E-state index contributed by atoms with van der Waals surface area (Å²) in [5, 5.41) is 4.58. The van der Waals surface area contributed by atoms with E-state index in [1.807, 2.05) is 0 Å². The minimum atomic E-state index is -4.34. The smallest absolute Gasteiger partial charge is 0.390 e. The summed E-state index contributed by atoms with van der Waals surface area (Å²) in [7, 11) is 0. The summed E-state index contributed by atoms with van der Waals surface area (Å²) in [6, 6.07) is 0. The second-order valence-electron chi connectivity index (χ2n) is 7.20. The number of hydrogen-bond acceptors (Lipinski definition) is 6. The quantitative estimate of drug-likeness (QED) is 0.615. The summed E-state index contributed by atoms with van der Waals surface area (Å²) in [4.78, 5) is 28.2. The molecule has 27 heavy (non-hydrogen) atoms. The zero-order valence-electron chi connectivity index (χ0n) is 16.0. The molecule has 0 radical (unpaired) electrons. The number of rotatable bonds is 7. The minimum Gasteiger partial charge on any atom is -0.445 e. The van der Waals surface area contributed by atoms with Crippen LogP contribution in [0.5, 0.6) is 0 Å². The highest BCUT2D eigenvalue weighted by Gasteiger charge is 2.33. The molecule has 0 bridgehead atoms. The summed E-state index contributed by atoms with van der Waals surface area (Å²) < 4.78 is 42.1. The van der Waals surface area contributed by atoms with Crippen LogP contribution in [0.15, 0.2) is 22.4 Å². The van der Waals surface area contributed by atoms with E-state index in [0.717, 1.165) is 6.08 Å². The second kappa shape index (κ2) is 8.12. The highest BCUT2D eigenvalue weighted by atomic mass is 19.4. The number of carbonyl (C=O) groups excluding carboxylic acids is 2. The maximum atomic E-state index is 12.2. The molecule has 0 spiro atoms. The first-order chi connectivity index (χ1) is 12.1. The Kier molecular flexibility index (Phi) is 6.82. The van der Waals surface area contributed by atoms with Crippen molar-refractivity contribution < 1.29 is 27.2 Å². The van der Waals surface area contributed by atoms with Crippen molar-refractivity contribution in [2.45, 2.75) is 58.2 Å². The summed E-state index contributed by atoms with van der Waals surface area (Å²) in [6.45, 7) is 7.40. The van der Waals surface area contributed by atoms with Gasteiger partial charge in [-0.3, -0.25) is 14.9 Å². The zero-order valence-corrected chi connectivity index (χ0v) is 16.0. The topological polar surface area (TPSA) is 110 Å². The number of carbonyl (C=O) groups is 2. The van der Waals surface area contributed by atoms with Gasteiger partial charge in [-0.2, -0.15) is 13.2 Å². The SMILES string of the molecule is Cc1ncc(C(C)(C)C(N)=CC(=O)NC(=O)C(C)(C)NCCC(F)(F)F)o1. The van der Waals surface area contributed by atoms with Crippen LogP contribution in [0.1, 0.15) is 45.8 Å². The van der Waals surface area contributed by atoms with Crippen molar-refractivity contribution in [3.05, 3.63) is 29.6 Å². The lowest BCUT2D eigenvalue weighted by atomic mass is 9.86. The summed E-state index contributed by atoms with van der Waals surface area (Å²) >= 11 is 0. The van der Waals surface area contributed by atoms with Crippen LogP contribution in [0.25, 0.3) is 0 Å². The molecule has 0 unspecified atom stereocenters. The van der Waals surface area contributed by atoms with Crippen molar-refractivity contribution in [2.75, 3.05) is 6.54 Å². The molecule has 0 aliphatic carbocycles. The highest BCUT2D eigenvalue weighted by molar-refractivity contribution is 6.04. The Morgan fingerprint density at radius 1 is 1.26 bits per heavy atom. The largest absolute Gasteiger partial charge is 0.445 e. The van der Waals surface area contributed by atoms with Crippen molar-refractivity contribution in [1.82, 2.24) is 15.6 Å². The lowest BCUT2D eigenvalue weighted by Crippen LogP contribution is -2.54. The van der Waals surface area contributed by atoms with Gasteiger partial charge < -0.3 is 15.5 Å². The molecule has 10 heteroatoms. The molecule has 7 nitrogen and oxygen atoms in total. The molecule has 1 aromatic heterocycles. The molecule has 2 amide bonds. The van der Waals surface area contributed by atoms with E-state index in [4.69, 9.17) is 10.2 Å². The number of imide groups is 1. The van der Waals surface area contributed by atoms with E-state index in [-0.39, 0.29) is 5.70 Å². The van der Waals surface area contributed by atoms with Crippen molar-refractivity contribution in [1.29, 1.82) is 0 Å². The van der Waals surface area contributed by atoms with Gasteiger partial charge in [-0.05, 0) is 27.7 Å². The molecule has 0 fully saturated rings. The lowest BCUT2D eigenvalue weighted by molar-refractivity contribution is -0.138. The number of amides is 2. The molecule has 0 aliphatic heterocycles. The van der Waals surface area contributed by atoms with E-state index in [2.05, 4.69) is 15.6 Å². The van der Waals surface area contributed by atoms with Gasteiger partial charge in [-0.15, -0.1) is 0 Å². The third-order valence-electron chi connectivity index (χ3n) is 4.03. The molecule has 0 aliphatic rings. The number of nitrogens with zero attached hydrogens (tertiary/aromatic N) is 1.